The van der Waals surface area contributed by atoms with E-state index in [0.717, 1.165) is 83.0 Å². The Morgan fingerprint density at radius 3 is 1.22 bits per heavy atom. The number of pyridine rings is 3. The van der Waals surface area contributed by atoms with Crippen molar-refractivity contribution in [1.29, 1.82) is 0 Å². The van der Waals surface area contributed by atoms with Gasteiger partial charge in [-0.05, 0) is 205 Å². The molecule has 0 aliphatic heterocycles. The predicted octanol–water partition coefficient (Wildman–Crippen LogP) is 34.6. The van der Waals surface area contributed by atoms with Crippen LogP contribution >= 0.6 is 11.3 Å². The van der Waals surface area contributed by atoms with Gasteiger partial charge in [-0.15, -0.1) is 101 Å². The summed E-state index contributed by atoms with van der Waals surface area (Å²) < 4.78 is 8.88. The van der Waals surface area contributed by atoms with Crippen molar-refractivity contribution < 1.29 is 94.4 Å². The van der Waals surface area contributed by atoms with Crippen LogP contribution in [0.25, 0.3) is 185 Å². The first-order valence-electron chi connectivity index (χ1n) is 47.0. The molecule has 10 nitrogen and oxygen atoms in total. The molecule has 717 valence electrons. The van der Waals surface area contributed by atoms with Gasteiger partial charge in [0.2, 0.25) is 0 Å². The SMILES string of the molecule is CC(=[OH+])C=C(C)O.CC(C)(C)C(=[OH+])C=C(O)C(C)(C)C.CC(C)(C)C(=[OH+])C=C(O)C(C)(C)C.CC(C)(C)c1ccc2c(ccc3c(-c4[c-]cc(-c5ccc6c(c5)C(C)(C)c5ccccc5-6)cc4)nccc32)c1.[Ir].[Ir].[Ir].[c-]1cc(-c2cccc3c2oc2ccccc23)ccc1-c1nccc2c1ccc1ccccc12.[c-]1cc(-c2cccc3c2sc2ccccc23)ccc1-c1nccc2c1ccc1ccccc12. The van der Waals surface area contributed by atoms with Gasteiger partial charge in [0.05, 0.1) is 41.7 Å². The number of hydrogen-bond donors (Lipinski definition) is 3. The molecule has 141 heavy (non-hydrogen) atoms. The van der Waals surface area contributed by atoms with Crippen LogP contribution in [0.15, 0.2) is 362 Å². The van der Waals surface area contributed by atoms with E-state index in [1.54, 1.807) is 0 Å². The number of allylic oxidation sites excluding steroid dienone is 6. The Bertz CT molecular complexity index is 7840. The standard InChI is InChI=1S/C38H32N.C31H18NO.C31H18NS.2C11H20O2.C5H8O2.3Ir/c1-37(2,3)28-16-19-29-27(22-28)15-18-33-30(29)20-21-39-36(33)25-12-10-24(11-13-25)26-14-17-32-31-8-6-7-9-34(31)38(4,5)35(32)23-26;2*1-2-7-23-20(6-1)16-17-27-25(23)18-19-32-30(27)22-14-12-21(13-15-22)24-9-5-10-28-26-8-3-4-11-29(26)33-31(24)28;2*1-10(2,3)8(12)7-9(13)11(4,5)6;1-4(6)3-5(2)7;;;/h6-12,14-23H,1-5H3;2*1-14,16-19H;2*7,12H,1-6H3;3,6H,1-2H3;;;/q3*-1;;;;;;/p+3. The Balaban J connectivity index is 0.000000153. The summed E-state index contributed by atoms with van der Waals surface area (Å²) in [4.78, 5) is 41.9. The number of ketones is 3. The number of hydrogen-bond acceptors (Lipinski definition) is 8. The third-order valence-corrected chi connectivity index (χ3v) is 26.8. The van der Waals surface area contributed by atoms with E-state index in [0.29, 0.717) is 0 Å². The van der Waals surface area contributed by atoms with Crippen LogP contribution in [-0.4, -0.2) is 62.0 Å². The first-order chi connectivity index (χ1) is 65.7. The summed E-state index contributed by atoms with van der Waals surface area (Å²) in [5.41, 5.74) is 20.5. The molecule has 0 atom stereocenters. The molecule has 0 saturated carbocycles. The molecule has 5 aromatic heterocycles. The fraction of sp³-hybridized carbons (Fsp3) is 0.197. The average molecular weight is 2410 g/mol. The Labute approximate surface area is 872 Å². The Morgan fingerprint density at radius 1 is 0.340 bits per heavy atom. The molecule has 6 N–H and O–H groups in total. The topological polar surface area (TPSA) is 177 Å². The first kappa shape index (κ1) is 105. The number of para-hydroxylation sites is 2. The Kier molecular flexibility index (Phi) is 32.2. The van der Waals surface area contributed by atoms with Gasteiger partial charge < -0.3 is 34.7 Å². The molecule has 0 spiro atoms. The van der Waals surface area contributed by atoms with Crippen LogP contribution in [0.1, 0.15) is 148 Å². The second-order valence-corrected chi connectivity index (χ2v) is 42.4. The predicted molar refractivity (Wildman–Crippen MR) is 585 cm³/mol. The largest absolute Gasteiger partial charge is 0.512 e. The van der Waals surface area contributed by atoms with Gasteiger partial charge in [-0.2, -0.15) is 0 Å². The van der Waals surface area contributed by atoms with Gasteiger partial charge in [-0.3, -0.25) is 14.4 Å². The van der Waals surface area contributed by atoms with E-state index in [1.807, 2.05) is 137 Å². The zero-order valence-electron chi connectivity index (χ0n) is 83.2. The van der Waals surface area contributed by atoms with Crippen molar-refractivity contribution in [3.8, 4) is 78.3 Å². The molecular formula is C127H119Ir3N3O7S. The van der Waals surface area contributed by atoms with Gasteiger partial charge in [0, 0.05) is 126 Å². The molecule has 21 rings (SSSR count). The normalized spacial score (nSPS) is 12.5. The third-order valence-electron chi connectivity index (χ3n) is 25.6. The van der Waals surface area contributed by atoms with Crippen molar-refractivity contribution >= 4 is 135 Å². The molecule has 0 amide bonds. The van der Waals surface area contributed by atoms with Crippen LogP contribution in [0.2, 0.25) is 0 Å². The van der Waals surface area contributed by atoms with Crippen LogP contribution in [0.5, 0.6) is 0 Å². The van der Waals surface area contributed by atoms with Crippen LogP contribution in [0.3, 0.4) is 0 Å². The number of thiophene rings is 1. The summed E-state index contributed by atoms with van der Waals surface area (Å²) in [7, 11) is 0. The van der Waals surface area contributed by atoms with E-state index in [1.165, 1.54) is 151 Å². The van der Waals surface area contributed by atoms with Crippen LogP contribution in [-0.2, 0) is 71.1 Å². The van der Waals surface area contributed by atoms with Crippen molar-refractivity contribution in [2.24, 2.45) is 21.7 Å². The quantitative estimate of drug-likeness (QED) is 0.0423. The minimum Gasteiger partial charge on any atom is -0.512 e. The van der Waals surface area contributed by atoms with Crippen LogP contribution < -0.4 is 0 Å². The fourth-order valence-corrected chi connectivity index (χ4v) is 18.7. The first-order valence-corrected chi connectivity index (χ1v) is 47.8. The van der Waals surface area contributed by atoms with Gasteiger partial charge >= 0.3 is 17.3 Å². The maximum atomic E-state index is 9.60. The summed E-state index contributed by atoms with van der Waals surface area (Å²) in [5, 5.41) is 47.2. The molecule has 0 saturated heterocycles. The monoisotopic (exact) mass is 2410 g/mol. The molecule has 3 radical (unpaired) electrons. The number of aromatic nitrogens is 3. The molecule has 15 aromatic carbocycles. The van der Waals surface area contributed by atoms with Crippen molar-refractivity contribution in [3.63, 3.8) is 0 Å². The molecular weight excluding hydrogens is 2290 g/mol. The van der Waals surface area contributed by atoms with Crippen molar-refractivity contribution in [1.82, 2.24) is 15.0 Å². The number of fused-ring (bicyclic) bond motifs is 18. The molecule has 5 heterocycles. The summed E-state index contributed by atoms with van der Waals surface area (Å²) in [6, 6.07) is 119. The molecule has 1 aliphatic rings. The van der Waals surface area contributed by atoms with E-state index in [2.05, 4.69) is 332 Å². The zero-order chi connectivity index (χ0) is 98.1. The second-order valence-electron chi connectivity index (χ2n) is 41.3. The summed E-state index contributed by atoms with van der Waals surface area (Å²) in [5.74, 6) is 1.08. The van der Waals surface area contributed by atoms with E-state index >= 15 is 0 Å². The Hall–Kier alpha value is -13.1. The number of aliphatic hydroxyl groups excluding tert-OH is 3. The van der Waals surface area contributed by atoms with E-state index in [9.17, 15) is 19.8 Å². The van der Waals surface area contributed by atoms with E-state index < -0.39 is 0 Å². The van der Waals surface area contributed by atoms with Crippen LogP contribution in [0, 0.1) is 39.9 Å². The Morgan fingerprint density at radius 2 is 0.745 bits per heavy atom. The number of benzene rings is 15. The van der Waals surface area contributed by atoms with Crippen molar-refractivity contribution in [2.45, 2.75) is 142 Å². The van der Waals surface area contributed by atoms with Gasteiger partial charge in [0.15, 0.2) is 0 Å². The number of carbonyl (C=O) groups excluding carboxylic acids is 3. The second kappa shape index (κ2) is 43.2. The third kappa shape index (κ3) is 23.1. The maximum Gasteiger partial charge on any atom is 0.325 e. The average Bonchev–Trinajstić information content (AvgIpc) is 1.57. The van der Waals surface area contributed by atoms with Gasteiger partial charge in [0.25, 0.3) is 0 Å². The van der Waals surface area contributed by atoms with Crippen molar-refractivity contribution in [3.05, 3.63) is 392 Å². The molecule has 0 unspecified atom stereocenters. The molecule has 1 aliphatic carbocycles. The van der Waals surface area contributed by atoms with Gasteiger partial charge in [0.1, 0.15) is 22.7 Å². The zero-order valence-corrected chi connectivity index (χ0v) is 91.2. The van der Waals surface area contributed by atoms with E-state index in [-0.39, 0.29) is 127 Å². The number of nitrogens with zero attached hydrogens (tertiary/aromatic N) is 3. The fourth-order valence-electron chi connectivity index (χ4n) is 17.5. The molecule has 20 aromatic rings. The summed E-state index contributed by atoms with van der Waals surface area (Å²) in [6.45, 7) is 37.2. The number of furan rings is 1. The minimum absolute atomic E-state index is 0. The maximum absolute atomic E-state index is 9.60. The molecule has 0 fully saturated rings. The molecule has 14 heteroatoms. The van der Waals surface area contributed by atoms with Gasteiger partial charge in [-0.1, -0.05) is 317 Å². The smallest absolute Gasteiger partial charge is 0.325 e. The summed E-state index contributed by atoms with van der Waals surface area (Å²) in [6.07, 6.45) is 9.89. The number of aliphatic hydroxyl groups is 3. The van der Waals surface area contributed by atoms with Crippen LogP contribution in [0.4, 0.5) is 0 Å². The number of rotatable bonds is 9. The summed E-state index contributed by atoms with van der Waals surface area (Å²) >= 11 is 1.86. The molecule has 0 bridgehead atoms. The van der Waals surface area contributed by atoms with Crippen molar-refractivity contribution in [2.75, 3.05) is 0 Å². The van der Waals surface area contributed by atoms with E-state index in [4.69, 9.17) is 29.3 Å². The minimum atomic E-state index is -0.306. The van der Waals surface area contributed by atoms with Gasteiger partial charge in [-0.25, -0.2) is 0 Å².